The Morgan fingerprint density at radius 2 is 1.91 bits per heavy atom. The standard InChI is InChI=1S/C22H22F4N4O3S/c1-3-8-28-19-11-17(22(24,25)26)6-4-15(19)5-7-20(31)29-13-14-9-16(12-27)21(18(23)10-14)30-34(2,32)33/h4-7,9-11,28,30H,3,8,13H2,1-2H3,(H,29,31)/b7-5-. The summed E-state index contributed by atoms with van der Waals surface area (Å²) in [6.45, 7) is 2.11. The number of benzene rings is 2. The topological polar surface area (TPSA) is 111 Å². The van der Waals surface area contributed by atoms with E-state index in [0.29, 0.717) is 18.5 Å². The first-order valence-electron chi connectivity index (χ1n) is 9.95. The second-order valence-corrected chi connectivity index (χ2v) is 9.01. The zero-order valence-electron chi connectivity index (χ0n) is 18.3. The summed E-state index contributed by atoms with van der Waals surface area (Å²) >= 11 is 0. The summed E-state index contributed by atoms with van der Waals surface area (Å²) in [5, 5.41) is 14.5. The van der Waals surface area contributed by atoms with Gasteiger partial charge in [0.05, 0.1) is 17.4 Å². The Bertz CT molecular complexity index is 1240. The molecule has 0 unspecified atom stereocenters. The molecule has 0 aromatic heterocycles. The molecule has 1 amide bonds. The van der Waals surface area contributed by atoms with Gasteiger partial charge in [-0.3, -0.25) is 9.52 Å². The molecule has 0 aliphatic heterocycles. The second-order valence-electron chi connectivity index (χ2n) is 7.26. The number of hydrogen-bond acceptors (Lipinski definition) is 5. The third-order valence-electron chi connectivity index (χ3n) is 4.39. The van der Waals surface area contributed by atoms with Gasteiger partial charge in [-0.1, -0.05) is 13.0 Å². The molecular formula is C22H22F4N4O3S. The molecule has 12 heteroatoms. The van der Waals surface area contributed by atoms with Crippen LogP contribution in [-0.2, 0) is 27.5 Å². The molecule has 0 radical (unpaired) electrons. The van der Waals surface area contributed by atoms with Crippen molar-refractivity contribution in [1.29, 1.82) is 5.26 Å². The monoisotopic (exact) mass is 498 g/mol. The number of anilines is 2. The Morgan fingerprint density at radius 1 is 1.21 bits per heavy atom. The van der Waals surface area contributed by atoms with Crippen LogP contribution in [-0.4, -0.2) is 27.1 Å². The van der Waals surface area contributed by atoms with E-state index in [1.807, 2.05) is 11.6 Å². The first-order chi connectivity index (χ1) is 15.8. The van der Waals surface area contributed by atoms with Crippen LogP contribution in [0.4, 0.5) is 28.9 Å². The highest BCUT2D eigenvalue weighted by molar-refractivity contribution is 7.92. The molecule has 0 saturated heterocycles. The maximum atomic E-state index is 14.3. The molecule has 0 fully saturated rings. The highest BCUT2D eigenvalue weighted by Gasteiger charge is 2.30. The molecule has 0 aliphatic carbocycles. The third-order valence-corrected chi connectivity index (χ3v) is 4.96. The van der Waals surface area contributed by atoms with E-state index in [-0.39, 0.29) is 23.4 Å². The van der Waals surface area contributed by atoms with Crippen molar-refractivity contribution in [1.82, 2.24) is 5.32 Å². The Hall–Kier alpha value is -3.59. The van der Waals surface area contributed by atoms with Gasteiger partial charge in [0.1, 0.15) is 17.6 Å². The van der Waals surface area contributed by atoms with E-state index in [0.717, 1.165) is 30.5 Å². The van der Waals surface area contributed by atoms with Crippen molar-refractivity contribution in [2.24, 2.45) is 0 Å². The zero-order chi connectivity index (χ0) is 25.5. The van der Waals surface area contributed by atoms with Crippen molar-refractivity contribution in [3.63, 3.8) is 0 Å². The van der Waals surface area contributed by atoms with Crippen LogP contribution in [0.2, 0.25) is 0 Å². The lowest BCUT2D eigenvalue weighted by Gasteiger charge is -2.13. The van der Waals surface area contributed by atoms with Gasteiger partial charge in [-0.15, -0.1) is 0 Å². The van der Waals surface area contributed by atoms with E-state index in [1.165, 1.54) is 18.2 Å². The van der Waals surface area contributed by atoms with Crippen molar-refractivity contribution in [3.8, 4) is 6.07 Å². The highest BCUT2D eigenvalue weighted by Crippen LogP contribution is 2.32. The molecule has 34 heavy (non-hydrogen) atoms. The largest absolute Gasteiger partial charge is 0.416 e. The van der Waals surface area contributed by atoms with Crippen molar-refractivity contribution in [2.75, 3.05) is 22.8 Å². The van der Waals surface area contributed by atoms with Crippen LogP contribution in [0, 0.1) is 17.1 Å². The van der Waals surface area contributed by atoms with Crippen LogP contribution in [0.15, 0.2) is 36.4 Å². The third kappa shape index (κ3) is 7.77. The molecule has 3 N–H and O–H groups in total. The molecule has 0 saturated carbocycles. The summed E-state index contributed by atoms with van der Waals surface area (Å²) < 4.78 is 77.9. The van der Waals surface area contributed by atoms with E-state index in [2.05, 4.69) is 10.6 Å². The maximum absolute atomic E-state index is 14.3. The summed E-state index contributed by atoms with van der Waals surface area (Å²) in [6.07, 6.45) is -0.561. The number of carbonyl (C=O) groups is 1. The summed E-state index contributed by atoms with van der Waals surface area (Å²) in [4.78, 5) is 12.2. The summed E-state index contributed by atoms with van der Waals surface area (Å²) in [5.74, 6) is -1.60. The average Bonchev–Trinajstić information content (AvgIpc) is 2.75. The minimum absolute atomic E-state index is 0.179. The summed E-state index contributed by atoms with van der Waals surface area (Å²) in [5.41, 5.74) is -0.788. The van der Waals surface area contributed by atoms with Gasteiger partial charge in [0, 0.05) is 24.9 Å². The number of amides is 1. The molecule has 0 bridgehead atoms. The van der Waals surface area contributed by atoms with E-state index < -0.39 is 39.2 Å². The number of alkyl halides is 3. The highest BCUT2D eigenvalue weighted by atomic mass is 32.2. The van der Waals surface area contributed by atoms with Gasteiger partial charge in [0.2, 0.25) is 15.9 Å². The minimum Gasteiger partial charge on any atom is -0.385 e. The summed E-state index contributed by atoms with van der Waals surface area (Å²) in [6, 6.07) is 7.01. The molecule has 0 aliphatic rings. The number of nitriles is 1. The van der Waals surface area contributed by atoms with Gasteiger partial charge in [0.15, 0.2) is 0 Å². The first-order valence-corrected chi connectivity index (χ1v) is 11.8. The minimum atomic E-state index is -4.51. The van der Waals surface area contributed by atoms with Crippen LogP contribution in [0.25, 0.3) is 6.08 Å². The number of hydrogen-bond donors (Lipinski definition) is 3. The predicted octanol–water partition coefficient (Wildman–Crippen LogP) is 4.24. The first kappa shape index (κ1) is 26.7. The van der Waals surface area contributed by atoms with E-state index in [9.17, 15) is 36.0 Å². The zero-order valence-corrected chi connectivity index (χ0v) is 19.1. The van der Waals surface area contributed by atoms with Gasteiger partial charge in [-0.05, 0) is 47.9 Å². The molecule has 182 valence electrons. The van der Waals surface area contributed by atoms with Crippen molar-refractivity contribution >= 4 is 33.4 Å². The normalized spacial score (nSPS) is 11.8. The van der Waals surface area contributed by atoms with E-state index >= 15 is 0 Å². The Labute approximate surface area is 194 Å². The van der Waals surface area contributed by atoms with Crippen LogP contribution >= 0.6 is 0 Å². The SMILES string of the molecule is CCCNc1cc(C(F)(F)F)ccc1/C=C\C(=O)NCc1cc(F)c(NS(C)(=O)=O)c(C#N)c1. The molecular weight excluding hydrogens is 476 g/mol. The molecule has 2 aromatic carbocycles. The molecule has 2 aromatic rings. The number of nitrogens with one attached hydrogen (secondary N) is 3. The molecule has 2 rings (SSSR count). The number of sulfonamides is 1. The van der Waals surface area contributed by atoms with Gasteiger partial charge in [0.25, 0.3) is 0 Å². The van der Waals surface area contributed by atoms with Gasteiger partial charge in [-0.2, -0.15) is 18.4 Å². The van der Waals surface area contributed by atoms with Crippen LogP contribution in [0.1, 0.15) is 35.6 Å². The lowest BCUT2D eigenvalue weighted by atomic mass is 10.1. The van der Waals surface area contributed by atoms with Gasteiger partial charge < -0.3 is 10.6 Å². The fraction of sp³-hybridized carbons (Fsp3) is 0.273. The molecule has 0 atom stereocenters. The lowest BCUT2D eigenvalue weighted by molar-refractivity contribution is -0.137. The van der Waals surface area contributed by atoms with Crippen molar-refractivity contribution in [2.45, 2.75) is 26.1 Å². The number of carbonyl (C=O) groups excluding carboxylic acids is 1. The quantitative estimate of drug-likeness (QED) is 0.354. The Morgan fingerprint density at radius 3 is 2.50 bits per heavy atom. The van der Waals surface area contributed by atoms with Crippen molar-refractivity contribution in [3.05, 3.63) is 64.5 Å². The van der Waals surface area contributed by atoms with E-state index in [4.69, 9.17) is 0 Å². The number of halogens is 4. The smallest absolute Gasteiger partial charge is 0.385 e. The van der Waals surface area contributed by atoms with Gasteiger partial charge in [-0.25, -0.2) is 12.8 Å². The number of nitrogens with zero attached hydrogens (tertiary/aromatic N) is 1. The molecule has 0 heterocycles. The maximum Gasteiger partial charge on any atom is 0.416 e. The average molecular weight is 499 g/mol. The number of rotatable bonds is 9. The Kier molecular flexibility index (Phi) is 8.64. The van der Waals surface area contributed by atoms with E-state index in [1.54, 1.807) is 6.07 Å². The van der Waals surface area contributed by atoms with Crippen LogP contribution < -0.4 is 15.4 Å². The Balaban J connectivity index is 2.15. The molecule has 0 spiro atoms. The second kappa shape index (κ2) is 11.0. The van der Waals surface area contributed by atoms with Gasteiger partial charge >= 0.3 is 6.18 Å². The van der Waals surface area contributed by atoms with Crippen LogP contribution in [0.5, 0.6) is 0 Å². The van der Waals surface area contributed by atoms with Crippen LogP contribution in [0.3, 0.4) is 0 Å². The summed E-state index contributed by atoms with van der Waals surface area (Å²) in [7, 11) is -3.81. The fourth-order valence-electron chi connectivity index (χ4n) is 2.85. The molecule has 7 nitrogen and oxygen atoms in total. The van der Waals surface area contributed by atoms with Crippen molar-refractivity contribution < 1.29 is 30.8 Å². The predicted molar refractivity (Wildman–Crippen MR) is 121 cm³/mol. The fourth-order valence-corrected chi connectivity index (χ4v) is 3.42. The lowest BCUT2D eigenvalue weighted by Crippen LogP contribution is -2.21.